The maximum Gasteiger partial charge on any atom is 0.119 e. The predicted molar refractivity (Wildman–Crippen MR) is 93.5 cm³/mol. The van der Waals surface area contributed by atoms with Crippen LogP contribution in [0.25, 0.3) is 0 Å². The van der Waals surface area contributed by atoms with E-state index in [4.69, 9.17) is 16.3 Å². The summed E-state index contributed by atoms with van der Waals surface area (Å²) in [5, 5.41) is 14.0. The maximum absolute atomic E-state index is 9.99. The quantitative estimate of drug-likeness (QED) is 0.752. The lowest BCUT2D eigenvalue weighted by Gasteiger charge is -2.18. The minimum atomic E-state index is -0.571. The zero-order valence-electron chi connectivity index (χ0n) is 12.3. The Balaban J connectivity index is 1.73. The van der Waals surface area contributed by atoms with Crippen molar-refractivity contribution in [3.63, 3.8) is 0 Å². The molecule has 0 aliphatic carbocycles. The van der Waals surface area contributed by atoms with Crippen molar-refractivity contribution in [3.05, 3.63) is 63.6 Å². The third kappa shape index (κ3) is 5.61. The average molecular weight is 385 g/mol. The lowest BCUT2D eigenvalue weighted by atomic mass is 10.1. The first-order valence-electron chi connectivity index (χ1n) is 7.10. The van der Waals surface area contributed by atoms with E-state index in [-0.39, 0.29) is 12.6 Å². The summed E-state index contributed by atoms with van der Waals surface area (Å²) in [5.74, 6) is 0.744. The van der Waals surface area contributed by atoms with Crippen molar-refractivity contribution in [1.29, 1.82) is 0 Å². The Morgan fingerprint density at radius 1 is 1.14 bits per heavy atom. The molecule has 0 saturated carbocycles. The van der Waals surface area contributed by atoms with Gasteiger partial charge < -0.3 is 15.2 Å². The highest BCUT2D eigenvalue weighted by Crippen LogP contribution is 2.17. The molecule has 118 valence electrons. The molecule has 2 aromatic carbocycles. The van der Waals surface area contributed by atoms with Crippen molar-refractivity contribution in [2.75, 3.05) is 13.2 Å². The normalized spacial score (nSPS) is 13.6. The van der Waals surface area contributed by atoms with E-state index in [9.17, 15) is 5.11 Å². The molecule has 0 heterocycles. The Kier molecular flexibility index (Phi) is 6.70. The van der Waals surface area contributed by atoms with Crippen molar-refractivity contribution in [3.8, 4) is 5.75 Å². The summed E-state index contributed by atoms with van der Waals surface area (Å²) in [7, 11) is 0. The monoisotopic (exact) mass is 383 g/mol. The first-order valence-corrected chi connectivity index (χ1v) is 8.27. The van der Waals surface area contributed by atoms with Gasteiger partial charge in [-0.2, -0.15) is 0 Å². The van der Waals surface area contributed by atoms with Gasteiger partial charge in [0, 0.05) is 22.1 Å². The van der Waals surface area contributed by atoms with Gasteiger partial charge >= 0.3 is 0 Å². The van der Waals surface area contributed by atoms with Crippen molar-refractivity contribution < 1.29 is 9.84 Å². The molecular formula is C17H19BrClNO2. The van der Waals surface area contributed by atoms with Crippen LogP contribution in [-0.2, 0) is 0 Å². The predicted octanol–water partition coefficient (Wildman–Crippen LogP) is 4.19. The second-order valence-corrected chi connectivity index (χ2v) is 6.45. The smallest absolute Gasteiger partial charge is 0.119 e. The van der Waals surface area contributed by atoms with Crippen LogP contribution in [0.4, 0.5) is 0 Å². The molecule has 2 aromatic rings. The third-order valence-electron chi connectivity index (χ3n) is 3.29. The van der Waals surface area contributed by atoms with Crippen LogP contribution in [0.5, 0.6) is 5.75 Å². The SMILES string of the molecule is CC(NCC(O)COc1ccc(Br)cc1)c1ccc(Cl)cc1. The molecule has 2 unspecified atom stereocenters. The van der Waals surface area contributed by atoms with Crippen LogP contribution in [0.2, 0.25) is 5.02 Å². The van der Waals surface area contributed by atoms with E-state index in [1.165, 1.54) is 0 Å². The van der Waals surface area contributed by atoms with Crippen LogP contribution < -0.4 is 10.1 Å². The van der Waals surface area contributed by atoms with Crippen LogP contribution >= 0.6 is 27.5 Å². The van der Waals surface area contributed by atoms with E-state index < -0.39 is 6.10 Å². The number of rotatable bonds is 7. The second kappa shape index (κ2) is 8.53. The van der Waals surface area contributed by atoms with Crippen LogP contribution in [0, 0.1) is 0 Å². The fraction of sp³-hybridized carbons (Fsp3) is 0.294. The third-order valence-corrected chi connectivity index (χ3v) is 4.07. The van der Waals surface area contributed by atoms with Crippen molar-refractivity contribution >= 4 is 27.5 Å². The van der Waals surface area contributed by atoms with Gasteiger partial charge in [0.1, 0.15) is 18.5 Å². The summed E-state index contributed by atoms with van der Waals surface area (Å²) < 4.78 is 6.55. The summed E-state index contributed by atoms with van der Waals surface area (Å²) in [5.41, 5.74) is 1.13. The van der Waals surface area contributed by atoms with Crippen LogP contribution in [0.15, 0.2) is 53.0 Å². The molecule has 0 amide bonds. The Hall–Kier alpha value is -1.07. The highest BCUT2D eigenvalue weighted by molar-refractivity contribution is 9.10. The van der Waals surface area contributed by atoms with E-state index in [1.807, 2.05) is 55.5 Å². The Bertz CT molecular complexity index is 574. The van der Waals surface area contributed by atoms with E-state index in [1.54, 1.807) is 0 Å². The van der Waals surface area contributed by atoms with Gasteiger partial charge in [-0.05, 0) is 48.9 Å². The summed E-state index contributed by atoms with van der Waals surface area (Å²) >= 11 is 9.24. The lowest BCUT2D eigenvalue weighted by Crippen LogP contribution is -2.33. The molecule has 0 bridgehead atoms. The summed E-state index contributed by atoms with van der Waals surface area (Å²) in [6.45, 7) is 2.76. The molecule has 0 aliphatic rings. The van der Waals surface area contributed by atoms with Crippen LogP contribution in [-0.4, -0.2) is 24.4 Å². The minimum Gasteiger partial charge on any atom is -0.491 e. The minimum absolute atomic E-state index is 0.139. The molecule has 3 nitrogen and oxygen atoms in total. The first-order chi connectivity index (χ1) is 10.5. The van der Waals surface area contributed by atoms with Crippen LogP contribution in [0.1, 0.15) is 18.5 Å². The van der Waals surface area contributed by atoms with Crippen molar-refractivity contribution in [2.24, 2.45) is 0 Å². The molecule has 0 saturated heterocycles. The fourth-order valence-electron chi connectivity index (χ4n) is 1.96. The summed E-state index contributed by atoms with van der Waals surface area (Å²) in [6, 6.07) is 15.4. The van der Waals surface area contributed by atoms with Crippen LogP contribution in [0.3, 0.4) is 0 Å². The molecule has 0 radical (unpaired) electrons. The second-order valence-electron chi connectivity index (χ2n) is 5.10. The number of hydrogen-bond donors (Lipinski definition) is 2. The number of aliphatic hydroxyl groups excluding tert-OH is 1. The van der Waals surface area contributed by atoms with Gasteiger partial charge in [-0.1, -0.05) is 39.7 Å². The standard InChI is InChI=1S/C17H19BrClNO2/c1-12(13-2-6-15(19)7-3-13)20-10-16(21)11-22-17-8-4-14(18)5-9-17/h2-9,12,16,20-21H,10-11H2,1H3. The van der Waals surface area contributed by atoms with E-state index in [0.717, 1.165) is 20.8 Å². The first kappa shape index (κ1) is 17.3. The molecule has 22 heavy (non-hydrogen) atoms. The Morgan fingerprint density at radius 2 is 1.77 bits per heavy atom. The Labute approximate surface area is 144 Å². The zero-order chi connectivity index (χ0) is 15.9. The maximum atomic E-state index is 9.99. The number of halogens is 2. The van der Waals surface area contributed by atoms with Crippen molar-refractivity contribution in [2.45, 2.75) is 19.1 Å². The highest BCUT2D eigenvalue weighted by atomic mass is 79.9. The van der Waals surface area contributed by atoms with Gasteiger partial charge in [-0.25, -0.2) is 0 Å². The molecule has 2 rings (SSSR count). The van der Waals surface area contributed by atoms with Gasteiger partial charge in [0.15, 0.2) is 0 Å². The number of hydrogen-bond acceptors (Lipinski definition) is 3. The number of benzene rings is 2. The summed E-state index contributed by atoms with van der Waals surface area (Å²) in [4.78, 5) is 0. The molecule has 0 aliphatic heterocycles. The molecule has 2 N–H and O–H groups in total. The molecule has 0 spiro atoms. The largest absolute Gasteiger partial charge is 0.491 e. The lowest BCUT2D eigenvalue weighted by molar-refractivity contribution is 0.104. The zero-order valence-corrected chi connectivity index (χ0v) is 14.6. The molecule has 0 aromatic heterocycles. The van der Waals surface area contributed by atoms with E-state index >= 15 is 0 Å². The Morgan fingerprint density at radius 3 is 2.41 bits per heavy atom. The van der Waals surface area contributed by atoms with Gasteiger partial charge in [0.05, 0.1) is 0 Å². The highest BCUT2D eigenvalue weighted by Gasteiger charge is 2.09. The number of ether oxygens (including phenoxy) is 1. The summed E-state index contributed by atoms with van der Waals surface area (Å²) in [6.07, 6.45) is -0.571. The average Bonchev–Trinajstić information content (AvgIpc) is 2.52. The van der Waals surface area contributed by atoms with Gasteiger partial charge in [0.2, 0.25) is 0 Å². The van der Waals surface area contributed by atoms with E-state index in [2.05, 4.69) is 21.2 Å². The topological polar surface area (TPSA) is 41.5 Å². The molecule has 2 atom stereocenters. The van der Waals surface area contributed by atoms with Crippen molar-refractivity contribution in [1.82, 2.24) is 5.32 Å². The van der Waals surface area contributed by atoms with Gasteiger partial charge in [-0.15, -0.1) is 0 Å². The number of aliphatic hydroxyl groups is 1. The van der Waals surface area contributed by atoms with Gasteiger partial charge in [0.25, 0.3) is 0 Å². The van der Waals surface area contributed by atoms with E-state index in [0.29, 0.717) is 6.54 Å². The fourth-order valence-corrected chi connectivity index (χ4v) is 2.35. The van der Waals surface area contributed by atoms with Gasteiger partial charge in [-0.3, -0.25) is 0 Å². The number of nitrogens with one attached hydrogen (secondary N) is 1. The molecule has 0 fully saturated rings. The molecule has 5 heteroatoms. The molecular weight excluding hydrogens is 366 g/mol.